The number of anilines is 3. The fourth-order valence-electron chi connectivity index (χ4n) is 3.76. The number of nitrogens with one attached hydrogen (secondary N) is 2. The second kappa shape index (κ2) is 15.3. The van der Waals surface area contributed by atoms with E-state index in [4.69, 9.17) is 18.4 Å². The van der Waals surface area contributed by atoms with Crippen LogP contribution < -0.4 is 20.4 Å². The maximum Gasteiger partial charge on any atom is 0.371 e. The lowest BCUT2D eigenvalue weighted by molar-refractivity contribution is -0.132. The molecule has 0 bridgehead atoms. The highest BCUT2D eigenvalue weighted by Crippen LogP contribution is 2.22. The molecule has 0 saturated carbocycles. The molecule has 0 aliphatic carbocycles. The Bertz CT molecular complexity index is 1500. The molecule has 230 valence electrons. The van der Waals surface area contributed by atoms with Gasteiger partial charge >= 0.3 is 17.9 Å². The largest absolute Gasteiger partial charge is 0.478 e. The van der Waals surface area contributed by atoms with E-state index in [0.29, 0.717) is 56.9 Å². The Balaban J connectivity index is 1.73. The Labute approximate surface area is 251 Å². The van der Waals surface area contributed by atoms with Crippen molar-refractivity contribution in [2.75, 3.05) is 54.4 Å². The number of rotatable bonds is 18. The molecule has 0 aliphatic heterocycles. The van der Waals surface area contributed by atoms with E-state index < -0.39 is 23.0 Å². The number of thiol groups is 1. The van der Waals surface area contributed by atoms with Gasteiger partial charge in [0.2, 0.25) is 11.5 Å². The van der Waals surface area contributed by atoms with Crippen molar-refractivity contribution in [3.8, 4) is 0 Å². The molecule has 0 aliphatic rings. The lowest BCUT2D eigenvalue weighted by atomic mass is 10.2. The quantitative estimate of drug-likeness (QED) is 0.0683. The minimum Gasteiger partial charge on any atom is -0.478 e. The van der Waals surface area contributed by atoms with E-state index in [2.05, 4.69) is 23.3 Å². The molecule has 0 atom stereocenters. The molecule has 0 spiro atoms. The minimum absolute atomic E-state index is 0.0846. The summed E-state index contributed by atoms with van der Waals surface area (Å²) in [4.78, 5) is 48.8. The Hall–Kier alpha value is -5.05. The molecule has 15 heteroatoms. The third-order valence-corrected chi connectivity index (χ3v) is 6.29. The fourth-order valence-corrected chi connectivity index (χ4v) is 3.88. The van der Waals surface area contributed by atoms with Gasteiger partial charge in [-0.25, -0.2) is 14.4 Å². The molecule has 5 N–H and O–H groups in total. The molecule has 0 amide bonds. The summed E-state index contributed by atoms with van der Waals surface area (Å²) in [6.45, 7) is 5.33. The number of aromatic carboxylic acids is 2. The van der Waals surface area contributed by atoms with Crippen molar-refractivity contribution in [1.82, 2.24) is 5.32 Å². The Kier molecular flexibility index (Phi) is 11.5. The molecule has 0 radical (unpaired) electrons. The molecule has 14 nitrogen and oxygen atoms in total. The number of aliphatic carboxylic acids is 1. The highest BCUT2D eigenvalue weighted by atomic mass is 32.1. The van der Waals surface area contributed by atoms with Gasteiger partial charge in [0.1, 0.15) is 0 Å². The van der Waals surface area contributed by atoms with Gasteiger partial charge in [0, 0.05) is 68.7 Å². The number of furan rings is 3. The third-order valence-electron chi connectivity index (χ3n) is 6.07. The molecule has 3 aromatic rings. The zero-order valence-electron chi connectivity index (χ0n) is 23.4. The van der Waals surface area contributed by atoms with Crippen molar-refractivity contribution < 1.29 is 47.7 Å². The van der Waals surface area contributed by atoms with Crippen LogP contribution in [0.5, 0.6) is 0 Å². The molecule has 0 aromatic carbocycles. The van der Waals surface area contributed by atoms with Crippen LogP contribution >= 0.6 is 12.6 Å². The Morgan fingerprint density at radius 1 is 0.744 bits per heavy atom. The molecular formula is C28H32N4O10S. The summed E-state index contributed by atoms with van der Waals surface area (Å²) in [6, 6.07) is 8.85. The predicted molar refractivity (Wildman–Crippen MR) is 159 cm³/mol. The van der Waals surface area contributed by atoms with Crippen LogP contribution in [0, 0.1) is 0 Å². The van der Waals surface area contributed by atoms with Crippen LogP contribution in [0.4, 0.5) is 17.7 Å². The van der Waals surface area contributed by atoms with Gasteiger partial charge in [0.25, 0.3) is 5.12 Å². The lowest BCUT2D eigenvalue weighted by Crippen LogP contribution is -2.40. The van der Waals surface area contributed by atoms with Gasteiger partial charge in [-0.1, -0.05) is 18.7 Å². The summed E-state index contributed by atoms with van der Waals surface area (Å²) < 4.78 is 16.4. The van der Waals surface area contributed by atoms with Gasteiger partial charge in [-0.2, -0.15) is 0 Å². The molecule has 0 saturated heterocycles. The minimum atomic E-state index is -1.22. The van der Waals surface area contributed by atoms with Crippen LogP contribution in [0.1, 0.15) is 45.5 Å². The van der Waals surface area contributed by atoms with Gasteiger partial charge in [-0.3, -0.25) is 4.79 Å². The third kappa shape index (κ3) is 9.78. The van der Waals surface area contributed by atoms with E-state index in [-0.39, 0.29) is 22.9 Å². The average Bonchev–Trinajstić information content (AvgIpc) is 3.73. The van der Waals surface area contributed by atoms with E-state index in [1.165, 1.54) is 37.3 Å². The van der Waals surface area contributed by atoms with Gasteiger partial charge in [0.15, 0.2) is 23.4 Å². The first-order valence-corrected chi connectivity index (χ1v) is 13.4. The topological polar surface area (TPSA) is 199 Å². The van der Waals surface area contributed by atoms with Crippen molar-refractivity contribution in [2.24, 2.45) is 0 Å². The molecular weight excluding hydrogens is 584 g/mol. The van der Waals surface area contributed by atoms with E-state index in [1.807, 2.05) is 4.90 Å². The van der Waals surface area contributed by atoms with Gasteiger partial charge < -0.3 is 49.0 Å². The van der Waals surface area contributed by atoms with Crippen molar-refractivity contribution in [2.45, 2.75) is 13.8 Å². The Morgan fingerprint density at radius 3 is 1.74 bits per heavy atom. The number of carboxylic acids is 3. The van der Waals surface area contributed by atoms with Crippen LogP contribution in [-0.4, -0.2) is 77.6 Å². The number of hydrogen-bond acceptors (Lipinski definition) is 11. The molecule has 0 fully saturated rings. The van der Waals surface area contributed by atoms with Crippen molar-refractivity contribution in [1.29, 1.82) is 0 Å². The zero-order valence-corrected chi connectivity index (χ0v) is 24.3. The van der Waals surface area contributed by atoms with Gasteiger partial charge in [0.05, 0.1) is 0 Å². The van der Waals surface area contributed by atoms with E-state index >= 15 is 0 Å². The zero-order chi connectivity index (χ0) is 31.5. The molecule has 0 unspecified atom stereocenters. The van der Waals surface area contributed by atoms with E-state index in [0.717, 1.165) is 5.70 Å². The standard InChI is InChI=1S/C28H32N4O10S/c1-17(25(33)34)3-4-18(2)29-11-13-31(23-9-6-19(41-23)26(35)36)15-16-32(24-10-7-20(42-24)27(37)38)14-12-30-22-8-5-21(40-22)28(39)43/h3-10,29-30H,11-16H2,1-2H3,(H,33,34)(H,35,36)(H,37,38)(H,39,43)/b17-3+,18-4+. The molecule has 43 heavy (non-hydrogen) atoms. The van der Waals surface area contributed by atoms with Crippen molar-refractivity contribution in [3.05, 3.63) is 77.1 Å². The van der Waals surface area contributed by atoms with Gasteiger partial charge in [-0.15, -0.1) is 0 Å². The van der Waals surface area contributed by atoms with Crippen molar-refractivity contribution >= 4 is 53.3 Å². The summed E-state index contributed by atoms with van der Waals surface area (Å²) in [5, 5.41) is 33.4. The summed E-state index contributed by atoms with van der Waals surface area (Å²) in [7, 11) is 0. The normalized spacial score (nSPS) is 11.7. The monoisotopic (exact) mass is 616 g/mol. The van der Waals surface area contributed by atoms with E-state index in [1.54, 1.807) is 30.0 Å². The summed E-state index contributed by atoms with van der Waals surface area (Å²) >= 11 is 3.74. The molecule has 3 heterocycles. The highest BCUT2D eigenvalue weighted by molar-refractivity contribution is 7.97. The summed E-state index contributed by atoms with van der Waals surface area (Å²) in [5.41, 5.74) is 0.900. The number of hydrogen-bond donors (Lipinski definition) is 6. The lowest BCUT2D eigenvalue weighted by Gasteiger charge is -2.28. The summed E-state index contributed by atoms with van der Waals surface area (Å²) in [5.74, 6) is -2.86. The fraction of sp³-hybridized carbons (Fsp3) is 0.286. The number of allylic oxidation sites excluding steroid dienone is 3. The van der Waals surface area contributed by atoms with Gasteiger partial charge in [-0.05, 0) is 38.1 Å². The van der Waals surface area contributed by atoms with Crippen LogP contribution in [-0.2, 0) is 4.79 Å². The maximum atomic E-state index is 11.4. The predicted octanol–water partition coefficient (Wildman–Crippen LogP) is 3.88. The SMILES string of the molecule is C/C(=C\C=C(/C)C(=O)O)NCCN(CCN(CCNc1ccc(C(=O)S)o1)c1ccc(C(=O)O)o1)c1ccc(C(=O)O)o1. The molecule has 3 rings (SSSR count). The number of carbonyl (C=O) groups excluding carboxylic acids is 1. The highest BCUT2D eigenvalue weighted by Gasteiger charge is 2.19. The maximum absolute atomic E-state index is 11.4. The van der Waals surface area contributed by atoms with Crippen LogP contribution in [0.25, 0.3) is 0 Å². The smallest absolute Gasteiger partial charge is 0.371 e. The average molecular weight is 617 g/mol. The first kappa shape index (κ1) is 32.5. The number of carboxylic acid groups (broad SMARTS) is 3. The number of nitrogens with zero attached hydrogens (tertiary/aromatic N) is 2. The van der Waals surface area contributed by atoms with Crippen LogP contribution in [0.2, 0.25) is 0 Å². The van der Waals surface area contributed by atoms with E-state index in [9.17, 15) is 29.4 Å². The first-order valence-electron chi connectivity index (χ1n) is 13.0. The first-order chi connectivity index (χ1) is 20.4. The van der Waals surface area contributed by atoms with Crippen LogP contribution in [0.15, 0.2) is 73.1 Å². The second-order valence-electron chi connectivity index (χ2n) is 9.19. The Morgan fingerprint density at radius 2 is 1.28 bits per heavy atom. The molecule has 3 aromatic heterocycles. The second-order valence-corrected chi connectivity index (χ2v) is 9.59. The van der Waals surface area contributed by atoms with Crippen molar-refractivity contribution in [3.63, 3.8) is 0 Å². The number of carbonyl (C=O) groups is 4. The van der Waals surface area contributed by atoms with Crippen LogP contribution in [0.3, 0.4) is 0 Å². The summed E-state index contributed by atoms with van der Waals surface area (Å²) in [6.07, 6.45) is 3.12.